The minimum atomic E-state index is -0.479. The third kappa shape index (κ3) is 3.79. The number of carbonyl (C=O) groups is 1. The van der Waals surface area contributed by atoms with Crippen molar-refractivity contribution in [3.63, 3.8) is 0 Å². The number of ether oxygens (including phenoxy) is 1. The van der Waals surface area contributed by atoms with Crippen molar-refractivity contribution in [3.8, 4) is 6.01 Å². The first-order chi connectivity index (χ1) is 10.7. The van der Waals surface area contributed by atoms with Crippen LogP contribution in [0.3, 0.4) is 0 Å². The molecule has 0 atom stereocenters. The Hall–Kier alpha value is -2.02. The molecule has 0 saturated heterocycles. The lowest BCUT2D eigenvalue weighted by Gasteiger charge is -2.28. The fourth-order valence-corrected chi connectivity index (χ4v) is 3.13. The zero-order valence-corrected chi connectivity index (χ0v) is 12.7. The molecule has 7 heteroatoms. The molecule has 1 fully saturated rings. The predicted molar refractivity (Wildman–Crippen MR) is 80.4 cm³/mol. The van der Waals surface area contributed by atoms with Gasteiger partial charge in [-0.1, -0.05) is 0 Å². The molecule has 22 heavy (non-hydrogen) atoms. The molecule has 5 nitrogen and oxygen atoms in total. The normalized spacial score (nSPS) is 21.3. The Morgan fingerprint density at radius 1 is 1.27 bits per heavy atom. The quantitative estimate of drug-likeness (QED) is 0.940. The number of hydrogen-bond acceptors (Lipinski definition) is 5. The maximum Gasteiger partial charge on any atom is 0.316 e. The lowest BCUT2D eigenvalue weighted by Crippen LogP contribution is -2.39. The second kappa shape index (κ2) is 6.83. The van der Waals surface area contributed by atoms with Crippen molar-refractivity contribution in [1.82, 2.24) is 15.3 Å². The van der Waals surface area contributed by atoms with Crippen LogP contribution in [0, 0.1) is 5.82 Å². The summed E-state index contributed by atoms with van der Waals surface area (Å²) in [6, 6.07) is 2.19. The standard InChI is InChI=1S/C15H16FN3O2S/c16-11-7-17-15(18-8-11)21-13-3-1-12(2-4-13)19-14(20)10-5-6-22-9-10/h5-9,12-13H,1-4H2,(H,19,20). The Bertz CT molecular complexity index is 610. The molecule has 2 aromatic rings. The van der Waals surface area contributed by atoms with Gasteiger partial charge in [0.2, 0.25) is 0 Å². The maximum atomic E-state index is 12.7. The van der Waals surface area contributed by atoms with Crippen LogP contribution in [0.1, 0.15) is 36.0 Å². The Morgan fingerprint density at radius 2 is 2.00 bits per heavy atom. The van der Waals surface area contributed by atoms with Crippen molar-refractivity contribution in [2.24, 2.45) is 0 Å². The van der Waals surface area contributed by atoms with E-state index in [-0.39, 0.29) is 24.1 Å². The van der Waals surface area contributed by atoms with E-state index >= 15 is 0 Å². The number of thiophene rings is 1. The molecule has 1 aliphatic carbocycles. The highest BCUT2D eigenvalue weighted by Crippen LogP contribution is 2.22. The van der Waals surface area contributed by atoms with Crippen LogP contribution in [0.25, 0.3) is 0 Å². The van der Waals surface area contributed by atoms with E-state index in [4.69, 9.17) is 4.74 Å². The van der Waals surface area contributed by atoms with Gasteiger partial charge in [-0.3, -0.25) is 4.79 Å². The first-order valence-electron chi connectivity index (χ1n) is 7.18. The molecule has 1 N–H and O–H groups in total. The van der Waals surface area contributed by atoms with Gasteiger partial charge in [0.1, 0.15) is 6.10 Å². The molecule has 0 unspecified atom stereocenters. The van der Waals surface area contributed by atoms with Crippen LogP contribution in [0.5, 0.6) is 6.01 Å². The first-order valence-corrected chi connectivity index (χ1v) is 8.12. The van der Waals surface area contributed by atoms with Crippen molar-refractivity contribution >= 4 is 17.2 Å². The summed E-state index contributed by atoms with van der Waals surface area (Å²) in [5.74, 6) is -0.500. The summed E-state index contributed by atoms with van der Waals surface area (Å²) in [7, 11) is 0. The average molecular weight is 321 g/mol. The van der Waals surface area contributed by atoms with Gasteiger partial charge in [-0.05, 0) is 37.1 Å². The third-order valence-electron chi connectivity index (χ3n) is 3.66. The van der Waals surface area contributed by atoms with Crippen molar-refractivity contribution in [1.29, 1.82) is 0 Å². The van der Waals surface area contributed by atoms with E-state index in [9.17, 15) is 9.18 Å². The van der Waals surface area contributed by atoms with Gasteiger partial charge in [0.25, 0.3) is 5.91 Å². The lowest BCUT2D eigenvalue weighted by molar-refractivity contribution is 0.0885. The highest BCUT2D eigenvalue weighted by atomic mass is 32.1. The van der Waals surface area contributed by atoms with E-state index in [1.54, 1.807) is 0 Å². The summed E-state index contributed by atoms with van der Waals surface area (Å²) in [5.41, 5.74) is 0.711. The van der Waals surface area contributed by atoms with E-state index in [0.717, 1.165) is 38.1 Å². The molecule has 2 aromatic heterocycles. The number of halogens is 1. The maximum absolute atomic E-state index is 12.7. The van der Waals surface area contributed by atoms with Gasteiger partial charge in [0.15, 0.2) is 5.82 Å². The molecule has 2 heterocycles. The van der Waals surface area contributed by atoms with Crippen molar-refractivity contribution in [2.45, 2.75) is 37.8 Å². The van der Waals surface area contributed by atoms with Gasteiger partial charge in [-0.25, -0.2) is 14.4 Å². The van der Waals surface area contributed by atoms with Crippen molar-refractivity contribution in [2.75, 3.05) is 0 Å². The zero-order valence-electron chi connectivity index (χ0n) is 11.9. The largest absolute Gasteiger partial charge is 0.460 e. The summed E-state index contributed by atoms with van der Waals surface area (Å²) in [6.07, 6.45) is 5.53. The SMILES string of the molecule is O=C(NC1CCC(Oc2ncc(F)cn2)CC1)c1ccsc1. The summed E-state index contributed by atoms with van der Waals surface area (Å²) in [4.78, 5) is 19.6. The molecule has 0 aromatic carbocycles. The average Bonchev–Trinajstić information content (AvgIpc) is 3.06. The number of rotatable bonds is 4. The van der Waals surface area contributed by atoms with Crippen LogP contribution in [-0.2, 0) is 0 Å². The van der Waals surface area contributed by atoms with Crippen LogP contribution in [0.4, 0.5) is 4.39 Å². The molecule has 1 saturated carbocycles. The number of nitrogens with one attached hydrogen (secondary N) is 1. The van der Waals surface area contributed by atoms with E-state index in [0.29, 0.717) is 5.56 Å². The molecule has 0 bridgehead atoms. The monoisotopic (exact) mass is 321 g/mol. The van der Waals surface area contributed by atoms with Crippen LogP contribution in [0.2, 0.25) is 0 Å². The topological polar surface area (TPSA) is 64.1 Å². The smallest absolute Gasteiger partial charge is 0.316 e. The summed E-state index contributed by atoms with van der Waals surface area (Å²) < 4.78 is 18.4. The van der Waals surface area contributed by atoms with Crippen LogP contribution in [-0.4, -0.2) is 28.0 Å². The van der Waals surface area contributed by atoms with Gasteiger partial charge >= 0.3 is 6.01 Å². The molecular weight excluding hydrogens is 305 g/mol. The van der Waals surface area contributed by atoms with Gasteiger partial charge < -0.3 is 10.1 Å². The minimum Gasteiger partial charge on any atom is -0.460 e. The minimum absolute atomic E-state index is 0.0137. The summed E-state index contributed by atoms with van der Waals surface area (Å²) in [6.45, 7) is 0. The molecule has 1 amide bonds. The predicted octanol–water partition coefficient (Wildman–Crippen LogP) is 2.80. The summed E-state index contributed by atoms with van der Waals surface area (Å²) in [5, 5.41) is 6.78. The van der Waals surface area contributed by atoms with E-state index in [2.05, 4.69) is 15.3 Å². The summed E-state index contributed by atoms with van der Waals surface area (Å²) >= 11 is 1.51. The fraction of sp³-hybridized carbons (Fsp3) is 0.400. The highest BCUT2D eigenvalue weighted by Gasteiger charge is 2.24. The number of nitrogens with zero attached hydrogens (tertiary/aromatic N) is 2. The van der Waals surface area contributed by atoms with E-state index in [1.165, 1.54) is 11.3 Å². The number of hydrogen-bond donors (Lipinski definition) is 1. The second-order valence-corrected chi connectivity index (χ2v) is 6.04. The van der Waals surface area contributed by atoms with E-state index < -0.39 is 5.82 Å². The van der Waals surface area contributed by atoms with Crippen LogP contribution < -0.4 is 10.1 Å². The third-order valence-corrected chi connectivity index (χ3v) is 4.34. The van der Waals surface area contributed by atoms with Gasteiger partial charge in [0, 0.05) is 17.0 Å². The Labute approximate surface area is 131 Å². The fourth-order valence-electron chi connectivity index (χ4n) is 2.50. The van der Waals surface area contributed by atoms with Gasteiger partial charge in [0.05, 0.1) is 12.4 Å². The second-order valence-electron chi connectivity index (χ2n) is 5.26. The van der Waals surface area contributed by atoms with Gasteiger partial charge in [-0.2, -0.15) is 11.3 Å². The molecule has 0 aliphatic heterocycles. The first kappa shape index (κ1) is 14.9. The molecule has 0 radical (unpaired) electrons. The van der Waals surface area contributed by atoms with Crippen molar-refractivity contribution < 1.29 is 13.9 Å². The molecule has 1 aliphatic rings. The number of amides is 1. The van der Waals surface area contributed by atoms with Crippen LogP contribution >= 0.6 is 11.3 Å². The molecular formula is C15H16FN3O2S. The zero-order chi connectivity index (χ0) is 15.4. The Balaban J connectivity index is 1.46. The Morgan fingerprint density at radius 3 is 2.64 bits per heavy atom. The number of carbonyl (C=O) groups excluding carboxylic acids is 1. The lowest BCUT2D eigenvalue weighted by atomic mass is 9.93. The van der Waals surface area contributed by atoms with E-state index in [1.807, 2.05) is 16.8 Å². The van der Waals surface area contributed by atoms with Gasteiger partial charge in [-0.15, -0.1) is 0 Å². The van der Waals surface area contributed by atoms with Crippen molar-refractivity contribution in [3.05, 3.63) is 40.6 Å². The molecule has 3 rings (SSSR count). The molecule has 0 spiro atoms. The number of aromatic nitrogens is 2. The Kier molecular flexibility index (Phi) is 4.62. The highest BCUT2D eigenvalue weighted by molar-refractivity contribution is 7.08. The molecule has 116 valence electrons. The van der Waals surface area contributed by atoms with Crippen LogP contribution in [0.15, 0.2) is 29.2 Å².